The third-order valence-electron chi connectivity index (χ3n) is 2.51. The molecule has 0 aromatic heterocycles. The molecule has 2 unspecified atom stereocenters. The third-order valence-corrected chi connectivity index (χ3v) is 2.51. The molecule has 1 N–H and O–H groups in total. The van der Waals surface area contributed by atoms with Crippen molar-refractivity contribution in [3.63, 3.8) is 0 Å². The van der Waals surface area contributed by atoms with Crippen molar-refractivity contribution in [2.45, 2.75) is 46.6 Å². The van der Waals surface area contributed by atoms with E-state index in [0.717, 1.165) is 12.8 Å². The van der Waals surface area contributed by atoms with Crippen LogP contribution in [-0.2, 0) is 0 Å². The maximum absolute atomic E-state index is 9.53. The Morgan fingerprint density at radius 2 is 1.75 bits per heavy atom. The second-order valence-corrected chi connectivity index (χ2v) is 4.14. The van der Waals surface area contributed by atoms with Gasteiger partial charge in [-0.05, 0) is 31.6 Å². The van der Waals surface area contributed by atoms with E-state index in [0.29, 0.717) is 11.8 Å². The lowest BCUT2D eigenvalue weighted by molar-refractivity contribution is 0.110. The van der Waals surface area contributed by atoms with Gasteiger partial charge in [-0.2, -0.15) is 0 Å². The molecule has 0 bridgehead atoms. The summed E-state index contributed by atoms with van der Waals surface area (Å²) in [6, 6.07) is 0. The van der Waals surface area contributed by atoms with Crippen LogP contribution in [0, 0.1) is 11.8 Å². The van der Waals surface area contributed by atoms with Crippen LogP contribution in [0.2, 0.25) is 0 Å². The molecule has 0 amide bonds. The number of rotatable bonds is 5. The van der Waals surface area contributed by atoms with E-state index in [2.05, 4.69) is 27.4 Å². The Bertz CT molecular complexity index is 138. The predicted octanol–water partition coefficient (Wildman–Crippen LogP) is 3.00. The summed E-state index contributed by atoms with van der Waals surface area (Å²) in [5.74, 6) is 0.917. The highest BCUT2D eigenvalue weighted by Crippen LogP contribution is 2.17. The van der Waals surface area contributed by atoms with E-state index >= 15 is 0 Å². The van der Waals surface area contributed by atoms with Gasteiger partial charge in [0, 0.05) is 0 Å². The van der Waals surface area contributed by atoms with Gasteiger partial charge in [-0.3, -0.25) is 0 Å². The van der Waals surface area contributed by atoms with Crippen LogP contribution >= 0.6 is 0 Å². The summed E-state index contributed by atoms with van der Waals surface area (Å²) in [5, 5.41) is 9.53. The van der Waals surface area contributed by atoms with Crippen molar-refractivity contribution < 1.29 is 5.11 Å². The van der Waals surface area contributed by atoms with Crippen LogP contribution in [0.5, 0.6) is 0 Å². The summed E-state index contributed by atoms with van der Waals surface area (Å²) >= 11 is 0. The fraction of sp³-hybridized carbons (Fsp3) is 0.818. The lowest BCUT2D eigenvalue weighted by atomic mass is 9.93. The van der Waals surface area contributed by atoms with Gasteiger partial charge in [0.15, 0.2) is 0 Å². The highest BCUT2D eigenvalue weighted by atomic mass is 16.3. The largest absolute Gasteiger partial charge is 0.393 e. The highest BCUT2D eigenvalue weighted by molar-refractivity contribution is 4.93. The number of allylic oxidation sites excluding steroid dienone is 1. The average Bonchev–Trinajstić information content (AvgIpc) is 1.98. The zero-order valence-electron chi connectivity index (χ0n) is 8.80. The molecule has 72 valence electrons. The van der Waals surface area contributed by atoms with E-state index in [9.17, 15) is 5.11 Å². The van der Waals surface area contributed by atoms with E-state index in [4.69, 9.17) is 0 Å². The van der Waals surface area contributed by atoms with Crippen molar-refractivity contribution in [1.82, 2.24) is 0 Å². The summed E-state index contributed by atoms with van der Waals surface area (Å²) < 4.78 is 0. The number of hydrogen-bond acceptors (Lipinski definition) is 1. The summed E-state index contributed by atoms with van der Waals surface area (Å²) in [7, 11) is 0. The van der Waals surface area contributed by atoms with Crippen LogP contribution in [0.1, 0.15) is 40.5 Å². The molecule has 1 heteroatoms. The van der Waals surface area contributed by atoms with Crippen LogP contribution in [0.15, 0.2) is 12.2 Å². The van der Waals surface area contributed by atoms with Crippen molar-refractivity contribution in [1.29, 1.82) is 0 Å². The van der Waals surface area contributed by atoms with Gasteiger partial charge < -0.3 is 5.11 Å². The van der Waals surface area contributed by atoms with Gasteiger partial charge in [0.25, 0.3) is 0 Å². The number of aliphatic hydroxyl groups excluding tert-OH is 1. The molecule has 0 saturated heterocycles. The van der Waals surface area contributed by atoms with Gasteiger partial charge in [-0.1, -0.05) is 32.9 Å². The summed E-state index contributed by atoms with van der Waals surface area (Å²) in [6.45, 7) is 12.2. The smallest absolute Gasteiger partial charge is 0.0563 e. The zero-order valence-corrected chi connectivity index (χ0v) is 8.80. The molecule has 0 aromatic carbocycles. The highest BCUT2D eigenvalue weighted by Gasteiger charge is 2.11. The van der Waals surface area contributed by atoms with Gasteiger partial charge in [0.05, 0.1) is 6.10 Å². The van der Waals surface area contributed by atoms with Gasteiger partial charge in [-0.15, -0.1) is 0 Å². The van der Waals surface area contributed by atoms with Crippen molar-refractivity contribution in [3.05, 3.63) is 12.2 Å². The van der Waals surface area contributed by atoms with E-state index in [-0.39, 0.29) is 6.10 Å². The lowest BCUT2D eigenvalue weighted by Gasteiger charge is -2.17. The molecule has 0 spiro atoms. The Balaban J connectivity index is 3.61. The van der Waals surface area contributed by atoms with Crippen LogP contribution in [0.25, 0.3) is 0 Å². The van der Waals surface area contributed by atoms with Crippen LogP contribution in [0.4, 0.5) is 0 Å². The Morgan fingerprint density at radius 1 is 1.25 bits per heavy atom. The minimum Gasteiger partial charge on any atom is -0.393 e. The maximum atomic E-state index is 9.53. The molecule has 1 nitrogen and oxygen atoms in total. The fourth-order valence-electron chi connectivity index (χ4n) is 1.00. The van der Waals surface area contributed by atoms with Crippen LogP contribution in [-0.4, -0.2) is 11.2 Å². The topological polar surface area (TPSA) is 20.2 Å². The molecule has 2 atom stereocenters. The van der Waals surface area contributed by atoms with Crippen LogP contribution < -0.4 is 0 Å². The lowest BCUT2D eigenvalue weighted by Crippen LogP contribution is -2.15. The molecule has 12 heavy (non-hydrogen) atoms. The molecule has 0 aliphatic heterocycles. The van der Waals surface area contributed by atoms with Crippen LogP contribution in [0.3, 0.4) is 0 Å². The minimum absolute atomic E-state index is 0.146. The summed E-state index contributed by atoms with van der Waals surface area (Å²) in [6.07, 6.45) is 1.80. The first-order valence-corrected chi connectivity index (χ1v) is 4.78. The quantitative estimate of drug-likeness (QED) is 0.629. The molecule has 0 rings (SSSR count). The second-order valence-electron chi connectivity index (χ2n) is 4.14. The van der Waals surface area contributed by atoms with Gasteiger partial charge in [-0.25, -0.2) is 0 Å². The molecule has 0 aromatic rings. The monoisotopic (exact) mass is 170 g/mol. The first-order valence-electron chi connectivity index (χ1n) is 4.78. The Morgan fingerprint density at radius 3 is 2.08 bits per heavy atom. The molecule has 0 fully saturated rings. The van der Waals surface area contributed by atoms with Crippen molar-refractivity contribution in [2.75, 3.05) is 0 Å². The standard InChI is InChI=1S/C11H22O/c1-8(2)10(5)6-7-11(12)9(3)4/h9-12H,1,6-7H2,2-5H3. The van der Waals surface area contributed by atoms with Crippen molar-refractivity contribution in [2.24, 2.45) is 11.8 Å². The molecular weight excluding hydrogens is 148 g/mol. The zero-order chi connectivity index (χ0) is 9.72. The first-order chi connectivity index (χ1) is 5.45. The van der Waals surface area contributed by atoms with Gasteiger partial charge in [0.1, 0.15) is 0 Å². The molecular formula is C11H22O. The van der Waals surface area contributed by atoms with E-state index in [1.54, 1.807) is 0 Å². The van der Waals surface area contributed by atoms with Gasteiger partial charge >= 0.3 is 0 Å². The molecule has 0 heterocycles. The molecule has 0 saturated carbocycles. The summed E-state index contributed by atoms with van der Waals surface area (Å²) in [5.41, 5.74) is 1.21. The van der Waals surface area contributed by atoms with E-state index in [1.165, 1.54) is 5.57 Å². The second kappa shape index (κ2) is 5.36. The normalized spacial score (nSPS) is 16.2. The molecule has 0 aliphatic carbocycles. The Hall–Kier alpha value is -0.300. The van der Waals surface area contributed by atoms with Crippen molar-refractivity contribution in [3.8, 4) is 0 Å². The number of aliphatic hydroxyl groups is 1. The third kappa shape index (κ3) is 4.55. The number of hydrogen-bond donors (Lipinski definition) is 1. The Kier molecular flexibility index (Phi) is 5.23. The van der Waals surface area contributed by atoms with E-state index < -0.39 is 0 Å². The molecule has 0 radical (unpaired) electrons. The minimum atomic E-state index is -0.146. The SMILES string of the molecule is C=C(C)C(C)CCC(O)C(C)C. The average molecular weight is 170 g/mol. The predicted molar refractivity (Wildman–Crippen MR) is 54.1 cm³/mol. The molecule has 0 aliphatic rings. The summed E-state index contributed by atoms with van der Waals surface area (Å²) in [4.78, 5) is 0. The van der Waals surface area contributed by atoms with E-state index in [1.807, 2.05) is 6.92 Å². The maximum Gasteiger partial charge on any atom is 0.0563 e. The first kappa shape index (κ1) is 11.7. The van der Waals surface area contributed by atoms with Crippen molar-refractivity contribution >= 4 is 0 Å². The Labute approximate surface area is 76.5 Å². The van der Waals surface area contributed by atoms with Gasteiger partial charge in [0.2, 0.25) is 0 Å². The fourth-order valence-corrected chi connectivity index (χ4v) is 1.00.